The molecule has 1 aromatic heterocycles. The second-order valence-corrected chi connectivity index (χ2v) is 5.88. The molecule has 1 spiro atoms. The Labute approximate surface area is 139 Å². The van der Waals surface area contributed by atoms with Crippen LogP contribution in [-0.4, -0.2) is 54.6 Å². The van der Waals surface area contributed by atoms with Crippen LogP contribution >= 0.6 is 0 Å². The number of carbonyl (C=O) groups is 1. The number of aromatic nitrogens is 2. The van der Waals surface area contributed by atoms with Gasteiger partial charge in [-0.15, -0.1) is 0 Å². The smallest absolute Gasteiger partial charge is 0.360 e. The Morgan fingerprint density at radius 1 is 1.25 bits per heavy atom. The number of hydrogen-bond acceptors (Lipinski definition) is 7. The minimum absolute atomic E-state index is 0.241. The number of ether oxygens (including phenoxy) is 3. The van der Waals surface area contributed by atoms with E-state index >= 15 is 0 Å². The zero-order chi connectivity index (χ0) is 16.6. The first-order chi connectivity index (χ1) is 11.7. The van der Waals surface area contributed by atoms with Gasteiger partial charge in [-0.05, 0) is 19.1 Å². The highest BCUT2D eigenvalue weighted by atomic mass is 16.7. The quantitative estimate of drug-likeness (QED) is 0.794. The van der Waals surface area contributed by atoms with Crippen LogP contribution in [0.5, 0.6) is 0 Å². The van der Waals surface area contributed by atoms with Crippen LogP contribution in [0.2, 0.25) is 0 Å². The fourth-order valence-electron chi connectivity index (χ4n) is 3.22. The summed E-state index contributed by atoms with van der Waals surface area (Å²) < 4.78 is 16.7. The Hall–Kier alpha value is -2.25. The predicted octanol–water partition coefficient (Wildman–Crippen LogP) is 1.76. The number of carbonyl (C=O) groups excluding carboxylic acids is 1. The molecule has 0 radical (unpaired) electrons. The second-order valence-electron chi connectivity index (χ2n) is 5.88. The van der Waals surface area contributed by atoms with Gasteiger partial charge >= 0.3 is 5.97 Å². The largest absolute Gasteiger partial charge is 0.461 e. The van der Waals surface area contributed by atoms with Gasteiger partial charge in [-0.25, -0.2) is 14.8 Å². The number of hydrogen-bond donors (Lipinski definition) is 0. The van der Waals surface area contributed by atoms with Crippen LogP contribution < -0.4 is 4.90 Å². The van der Waals surface area contributed by atoms with Crippen LogP contribution in [0, 0.1) is 0 Å². The summed E-state index contributed by atoms with van der Waals surface area (Å²) >= 11 is 0. The van der Waals surface area contributed by atoms with Crippen molar-refractivity contribution in [1.82, 2.24) is 9.97 Å². The van der Waals surface area contributed by atoms with Crippen LogP contribution in [0.3, 0.4) is 0 Å². The van der Waals surface area contributed by atoms with Crippen molar-refractivity contribution >= 4 is 22.8 Å². The normalized spacial score (nSPS) is 19.3. The summed E-state index contributed by atoms with van der Waals surface area (Å²) in [4.78, 5) is 23.5. The first-order valence-electron chi connectivity index (χ1n) is 8.17. The highest BCUT2D eigenvalue weighted by Crippen LogP contribution is 2.34. The molecule has 0 aliphatic carbocycles. The lowest BCUT2D eigenvalue weighted by Gasteiger charge is -2.23. The topological polar surface area (TPSA) is 73.8 Å². The van der Waals surface area contributed by atoms with Crippen molar-refractivity contribution in [3.63, 3.8) is 0 Å². The van der Waals surface area contributed by atoms with Crippen molar-refractivity contribution in [2.24, 2.45) is 0 Å². The molecule has 7 heteroatoms. The third kappa shape index (κ3) is 2.59. The van der Waals surface area contributed by atoms with Crippen LogP contribution in [0.15, 0.2) is 24.3 Å². The van der Waals surface area contributed by atoms with E-state index in [-0.39, 0.29) is 5.69 Å². The molecule has 2 saturated heterocycles. The molecule has 3 heterocycles. The lowest BCUT2D eigenvalue weighted by molar-refractivity contribution is -0.137. The highest BCUT2D eigenvalue weighted by Gasteiger charge is 2.44. The maximum Gasteiger partial charge on any atom is 0.360 e. The highest BCUT2D eigenvalue weighted by molar-refractivity contribution is 5.95. The van der Waals surface area contributed by atoms with Crippen molar-refractivity contribution in [2.75, 3.05) is 37.8 Å². The van der Waals surface area contributed by atoms with Crippen molar-refractivity contribution in [2.45, 2.75) is 19.1 Å². The number of esters is 1. The molecule has 0 saturated carbocycles. The minimum atomic E-state index is -0.584. The van der Waals surface area contributed by atoms with Gasteiger partial charge in [-0.3, -0.25) is 0 Å². The lowest BCUT2D eigenvalue weighted by Crippen LogP contribution is -2.35. The molecular weight excluding hydrogens is 310 g/mol. The van der Waals surface area contributed by atoms with Gasteiger partial charge < -0.3 is 19.1 Å². The molecule has 7 nitrogen and oxygen atoms in total. The standard InChI is InChI=1S/C17H19N3O4/c1-2-22-16(21)14-15(19-13-6-4-3-5-12(13)18-14)20-8-7-17(11-20)23-9-10-24-17/h3-6H,2,7-11H2,1H3. The number of rotatable bonds is 3. The summed E-state index contributed by atoms with van der Waals surface area (Å²) in [7, 11) is 0. The van der Waals surface area contributed by atoms with Gasteiger partial charge in [0, 0.05) is 13.0 Å². The van der Waals surface area contributed by atoms with Gasteiger partial charge in [0.2, 0.25) is 0 Å². The molecule has 0 unspecified atom stereocenters. The van der Waals surface area contributed by atoms with Gasteiger partial charge in [-0.2, -0.15) is 0 Å². The molecule has 0 N–H and O–H groups in total. The number of para-hydroxylation sites is 2. The Bertz CT molecular complexity index is 774. The molecule has 2 aromatic rings. The number of fused-ring (bicyclic) bond motifs is 1. The zero-order valence-corrected chi connectivity index (χ0v) is 13.5. The Kier molecular flexibility index (Phi) is 3.82. The van der Waals surface area contributed by atoms with Crippen LogP contribution in [-0.2, 0) is 14.2 Å². The molecule has 1 aromatic carbocycles. The van der Waals surface area contributed by atoms with Gasteiger partial charge in [0.25, 0.3) is 0 Å². The monoisotopic (exact) mass is 329 g/mol. The average Bonchev–Trinajstić information content (AvgIpc) is 3.24. The maximum atomic E-state index is 12.4. The van der Waals surface area contributed by atoms with Crippen molar-refractivity contribution in [1.29, 1.82) is 0 Å². The number of anilines is 1. The number of benzene rings is 1. The van der Waals surface area contributed by atoms with E-state index in [9.17, 15) is 4.79 Å². The van der Waals surface area contributed by atoms with E-state index in [1.54, 1.807) is 6.92 Å². The summed E-state index contributed by atoms with van der Waals surface area (Å²) in [5, 5.41) is 0. The van der Waals surface area contributed by atoms with E-state index in [1.807, 2.05) is 29.2 Å². The molecule has 4 rings (SSSR count). The molecule has 0 atom stereocenters. The second kappa shape index (κ2) is 5.99. The molecule has 2 aliphatic heterocycles. The van der Waals surface area contributed by atoms with Crippen LogP contribution in [0.25, 0.3) is 11.0 Å². The predicted molar refractivity (Wildman–Crippen MR) is 87.0 cm³/mol. The SMILES string of the molecule is CCOC(=O)c1nc2ccccc2nc1N1CCC2(C1)OCCO2. The summed E-state index contributed by atoms with van der Waals surface area (Å²) in [6, 6.07) is 7.49. The fourth-order valence-corrected chi connectivity index (χ4v) is 3.22. The van der Waals surface area contributed by atoms with E-state index < -0.39 is 11.8 Å². The molecule has 0 bridgehead atoms. The van der Waals surface area contributed by atoms with Crippen molar-refractivity contribution in [3.05, 3.63) is 30.0 Å². The Morgan fingerprint density at radius 3 is 2.67 bits per heavy atom. The first-order valence-corrected chi connectivity index (χ1v) is 8.17. The average molecular weight is 329 g/mol. The fraction of sp³-hybridized carbons (Fsp3) is 0.471. The van der Waals surface area contributed by atoms with Crippen molar-refractivity contribution in [3.8, 4) is 0 Å². The molecule has 2 fully saturated rings. The van der Waals surface area contributed by atoms with Gasteiger partial charge in [-0.1, -0.05) is 12.1 Å². The lowest BCUT2D eigenvalue weighted by atomic mass is 10.2. The van der Waals surface area contributed by atoms with E-state index in [0.29, 0.717) is 44.2 Å². The first kappa shape index (κ1) is 15.3. The van der Waals surface area contributed by atoms with Crippen LogP contribution in [0.1, 0.15) is 23.8 Å². The summed E-state index contributed by atoms with van der Waals surface area (Å²) in [5.74, 6) is -0.512. The number of nitrogens with zero attached hydrogens (tertiary/aromatic N) is 3. The van der Waals surface area contributed by atoms with E-state index in [0.717, 1.165) is 11.9 Å². The van der Waals surface area contributed by atoms with Gasteiger partial charge in [0.15, 0.2) is 17.3 Å². The molecule has 2 aliphatic rings. The molecular formula is C17H19N3O4. The molecule has 126 valence electrons. The summed E-state index contributed by atoms with van der Waals surface area (Å²) in [6.45, 7) is 4.50. The minimum Gasteiger partial charge on any atom is -0.461 e. The van der Waals surface area contributed by atoms with Crippen molar-refractivity contribution < 1.29 is 19.0 Å². The zero-order valence-electron chi connectivity index (χ0n) is 13.5. The van der Waals surface area contributed by atoms with Crippen LogP contribution in [0.4, 0.5) is 5.82 Å². The molecule has 0 amide bonds. The van der Waals surface area contributed by atoms with Gasteiger partial charge in [0.05, 0.1) is 37.4 Å². The molecule has 24 heavy (non-hydrogen) atoms. The maximum absolute atomic E-state index is 12.4. The Balaban J connectivity index is 1.75. The van der Waals surface area contributed by atoms with E-state index in [2.05, 4.69) is 9.97 Å². The Morgan fingerprint density at radius 2 is 1.96 bits per heavy atom. The van der Waals surface area contributed by atoms with E-state index in [4.69, 9.17) is 14.2 Å². The summed E-state index contributed by atoms with van der Waals surface area (Å²) in [5.41, 5.74) is 1.66. The van der Waals surface area contributed by atoms with E-state index in [1.165, 1.54) is 0 Å². The summed E-state index contributed by atoms with van der Waals surface area (Å²) in [6.07, 6.45) is 0.740. The third-order valence-electron chi connectivity index (χ3n) is 4.33. The third-order valence-corrected chi connectivity index (χ3v) is 4.33. The van der Waals surface area contributed by atoms with Gasteiger partial charge in [0.1, 0.15) is 0 Å².